The molecule has 2 aromatic rings. The summed E-state index contributed by atoms with van der Waals surface area (Å²) < 4.78 is 42.1. The van der Waals surface area contributed by atoms with Crippen molar-refractivity contribution >= 4 is 61.3 Å². The molecule has 0 fully saturated rings. The van der Waals surface area contributed by atoms with Crippen molar-refractivity contribution in [3.8, 4) is 0 Å². The van der Waals surface area contributed by atoms with Gasteiger partial charge in [-0.05, 0) is 63.6 Å². The maximum atomic E-state index is 13.6. The number of alkyl halides is 3. The van der Waals surface area contributed by atoms with Crippen molar-refractivity contribution in [1.82, 2.24) is 0 Å². The van der Waals surface area contributed by atoms with Crippen molar-refractivity contribution in [2.45, 2.75) is 13.1 Å². The van der Waals surface area contributed by atoms with Crippen LogP contribution < -0.4 is 4.90 Å². The van der Waals surface area contributed by atoms with E-state index in [0.717, 1.165) is 8.47 Å². The maximum absolute atomic E-state index is 13.6. The smallest absolute Gasteiger partial charge is 0.335 e. The first kappa shape index (κ1) is 21.3. The summed E-state index contributed by atoms with van der Waals surface area (Å²) in [7, 11) is 0. The molecule has 7 nitrogen and oxygen atoms in total. The van der Waals surface area contributed by atoms with Gasteiger partial charge in [-0.15, -0.1) is 0 Å². The molecule has 0 N–H and O–H groups in total. The zero-order chi connectivity index (χ0) is 20.5. The number of hydrogen-bond acceptors (Lipinski definition) is 5. The molecule has 0 bridgehead atoms. The number of rotatable bonds is 5. The van der Waals surface area contributed by atoms with Crippen LogP contribution in [0.2, 0.25) is 0 Å². The van der Waals surface area contributed by atoms with Gasteiger partial charge >= 0.3 is 6.18 Å². The minimum atomic E-state index is -5.03. The number of nitrogens with zero attached hydrogens (tertiary/aromatic N) is 3. The summed E-state index contributed by atoms with van der Waals surface area (Å²) >= 11 is 5.26. The molecule has 2 rings (SSSR count). The van der Waals surface area contributed by atoms with Gasteiger partial charge < -0.3 is 4.90 Å². The van der Waals surface area contributed by atoms with E-state index in [1.165, 1.54) is 13.0 Å². The highest BCUT2D eigenvalue weighted by Gasteiger charge is 2.41. The summed E-state index contributed by atoms with van der Waals surface area (Å²) in [4.78, 5) is 21.4. The average Bonchev–Trinajstić information content (AvgIpc) is 2.55. The van der Waals surface area contributed by atoms with E-state index < -0.39 is 38.6 Å². The minimum absolute atomic E-state index is 0.0408. The highest BCUT2D eigenvalue weighted by atomic mass is 127. The van der Waals surface area contributed by atoms with Crippen LogP contribution in [0.5, 0.6) is 0 Å². The summed E-state index contributed by atoms with van der Waals surface area (Å²) in [5, 5.41) is 22.4. The molecule has 2 aromatic carbocycles. The number of nitro groups is 2. The zero-order valence-corrected chi connectivity index (χ0v) is 17.2. The Kier molecular flexibility index (Phi) is 6.29. The van der Waals surface area contributed by atoms with Crippen LogP contribution in [0.4, 0.5) is 35.9 Å². The number of anilines is 2. The number of nitro benzene ring substituents is 2. The van der Waals surface area contributed by atoms with Crippen LogP contribution in [0.3, 0.4) is 0 Å². The fourth-order valence-electron chi connectivity index (χ4n) is 2.50. The molecule has 144 valence electrons. The molecule has 27 heavy (non-hydrogen) atoms. The van der Waals surface area contributed by atoms with E-state index in [1.807, 2.05) is 22.6 Å². The maximum Gasteiger partial charge on any atom is 0.418 e. The molecule has 0 saturated carbocycles. The Labute approximate surface area is 172 Å². The fourth-order valence-corrected chi connectivity index (χ4v) is 4.01. The second-order valence-electron chi connectivity index (χ2n) is 5.21. The van der Waals surface area contributed by atoms with E-state index in [4.69, 9.17) is 0 Å². The lowest BCUT2D eigenvalue weighted by Gasteiger charge is -2.27. The third-order valence-corrected chi connectivity index (χ3v) is 4.88. The molecule has 0 aliphatic rings. The fraction of sp³-hybridized carbons (Fsp3) is 0.200. The van der Waals surface area contributed by atoms with Gasteiger partial charge in [0, 0.05) is 20.7 Å². The van der Waals surface area contributed by atoms with Gasteiger partial charge in [0.15, 0.2) is 0 Å². The number of hydrogen-bond donors (Lipinski definition) is 0. The molecule has 0 aromatic heterocycles. The highest BCUT2D eigenvalue weighted by Crippen LogP contribution is 2.47. The molecule has 0 radical (unpaired) electrons. The topological polar surface area (TPSA) is 89.5 Å². The number of non-ortho nitro benzene ring substituents is 1. The monoisotopic (exact) mass is 559 g/mol. The van der Waals surface area contributed by atoms with Crippen LogP contribution in [0.15, 0.2) is 34.8 Å². The molecule has 0 atom stereocenters. The molecular weight excluding hydrogens is 550 g/mol. The Morgan fingerprint density at radius 3 is 2.22 bits per heavy atom. The summed E-state index contributed by atoms with van der Waals surface area (Å²) in [6, 6.07) is 5.64. The molecule has 0 spiro atoms. The Balaban J connectivity index is 2.90. The minimum Gasteiger partial charge on any atom is -0.335 e. The summed E-state index contributed by atoms with van der Waals surface area (Å²) in [5.41, 5.74) is -3.93. The van der Waals surface area contributed by atoms with E-state index in [2.05, 4.69) is 15.9 Å². The molecule has 0 aliphatic heterocycles. The first-order valence-corrected chi connectivity index (χ1v) is 9.11. The molecule has 12 heteroatoms. The zero-order valence-electron chi connectivity index (χ0n) is 13.5. The standard InChI is InChI=1S/C15H10BrF3IN3O4/c1-2-21(12-4-3-8(20)5-11(12)16)14-10(15(17,18)19)6-9(22(24)25)7-13(14)23(26)27/h3-7H,2H2,1H3. The Morgan fingerprint density at radius 1 is 1.15 bits per heavy atom. The van der Waals surface area contributed by atoms with E-state index in [-0.39, 0.29) is 12.2 Å². The van der Waals surface area contributed by atoms with Crippen molar-refractivity contribution in [3.63, 3.8) is 0 Å². The second-order valence-corrected chi connectivity index (χ2v) is 7.31. The average molecular weight is 560 g/mol. The Bertz CT molecular complexity index is 924. The SMILES string of the molecule is CCN(c1ccc(I)cc1Br)c1c([N+](=O)[O-])cc([N+](=O)[O-])cc1C(F)(F)F. The van der Waals surface area contributed by atoms with Crippen molar-refractivity contribution in [3.05, 3.63) is 64.2 Å². The van der Waals surface area contributed by atoms with E-state index in [0.29, 0.717) is 16.6 Å². The first-order valence-electron chi connectivity index (χ1n) is 7.24. The van der Waals surface area contributed by atoms with Crippen LogP contribution in [0.25, 0.3) is 0 Å². The summed E-state index contributed by atoms with van der Waals surface area (Å²) in [6.07, 6.45) is -5.03. The Hall–Kier alpha value is -1.96. The van der Waals surface area contributed by atoms with Crippen LogP contribution in [0, 0.1) is 23.8 Å². The van der Waals surface area contributed by atoms with Crippen molar-refractivity contribution < 1.29 is 23.0 Å². The lowest BCUT2D eigenvalue weighted by atomic mass is 10.1. The number of benzene rings is 2. The normalized spacial score (nSPS) is 11.3. The Morgan fingerprint density at radius 2 is 1.78 bits per heavy atom. The van der Waals surface area contributed by atoms with Gasteiger partial charge in [0.2, 0.25) is 0 Å². The van der Waals surface area contributed by atoms with Gasteiger partial charge in [-0.2, -0.15) is 13.2 Å². The highest BCUT2D eigenvalue weighted by molar-refractivity contribution is 14.1. The number of halogens is 5. The lowest BCUT2D eigenvalue weighted by Crippen LogP contribution is -2.23. The first-order chi connectivity index (χ1) is 12.5. The molecule has 0 aliphatic carbocycles. The summed E-state index contributed by atoms with van der Waals surface area (Å²) in [6.45, 7) is 1.48. The van der Waals surface area contributed by atoms with E-state index in [1.54, 1.807) is 12.1 Å². The predicted octanol–water partition coefficient (Wildman–Crippen LogP) is 6.05. The van der Waals surface area contributed by atoms with Crippen molar-refractivity contribution in [1.29, 1.82) is 0 Å². The summed E-state index contributed by atoms with van der Waals surface area (Å²) in [5.74, 6) is 0. The van der Waals surface area contributed by atoms with Crippen molar-refractivity contribution in [2.24, 2.45) is 0 Å². The largest absolute Gasteiger partial charge is 0.418 e. The van der Waals surface area contributed by atoms with Crippen LogP contribution >= 0.6 is 38.5 Å². The van der Waals surface area contributed by atoms with Crippen LogP contribution in [-0.2, 0) is 6.18 Å². The van der Waals surface area contributed by atoms with Gasteiger partial charge in [0.1, 0.15) is 5.69 Å². The third-order valence-electron chi connectivity index (χ3n) is 3.57. The molecule has 0 heterocycles. The van der Waals surface area contributed by atoms with E-state index >= 15 is 0 Å². The van der Waals surface area contributed by atoms with E-state index in [9.17, 15) is 33.4 Å². The third kappa shape index (κ3) is 4.48. The van der Waals surface area contributed by atoms with Crippen molar-refractivity contribution in [2.75, 3.05) is 11.4 Å². The van der Waals surface area contributed by atoms with Gasteiger partial charge in [0.05, 0.1) is 27.2 Å². The van der Waals surface area contributed by atoms with Gasteiger partial charge in [0.25, 0.3) is 11.4 Å². The second kappa shape index (κ2) is 7.96. The van der Waals surface area contributed by atoms with Gasteiger partial charge in [-0.1, -0.05) is 0 Å². The van der Waals surface area contributed by atoms with Gasteiger partial charge in [-0.3, -0.25) is 20.2 Å². The predicted molar refractivity (Wildman–Crippen MR) is 104 cm³/mol. The molecule has 0 unspecified atom stereocenters. The van der Waals surface area contributed by atoms with Crippen LogP contribution in [-0.4, -0.2) is 16.4 Å². The molecule has 0 saturated heterocycles. The molecule has 0 amide bonds. The van der Waals surface area contributed by atoms with Gasteiger partial charge in [-0.25, -0.2) is 0 Å². The van der Waals surface area contributed by atoms with Crippen LogP contribution in [0.1, 0.15) is 12.5 Å². The molecular formula is C15H10BrF3IN3O4. The lowest BCUT2D eigenvalue weighted by molar-refractivity contribution is -0.394. The quantitative estimate of drug-likeness (QED) is 0.253.